The molecule has 5 aromatic rings. The van der Waals surface area contributed by atoms with Gasteiger partial charge in [-0.05, 0) is 55.8 Å². The van der Waals surface area contributed by atoms with E-state index in [1.54, 1.807) is 24.4 Å². The number of hydrogen-bond acceptors (Lipinski definition) is 5. The maximum absolute atomic E-state index is 13.5. The zero-order valence-electron chi connectivity index (χ0n) is 19.6. The van der Waals surface area contributed by atoms with Crippen molar-refractivity contribution in [3.05, 3.63) is 94.6 Å². The molecule has 184 valence electrons. The fourth-order valence-electron chi connectivity index (χ4n) is 3.68. The van der Waals surface area contributed by atoms with Crippen LogP contribution in [0.1, 0.15) is 38.3 Å². The van der Waals surface area contributed by atoms with E-state index in [-0.39, 0.29) is 22.7 Å². The van der Waals surface area contributed by atoms with Crippen LogP contribution in [0.25, 0.3) is 22.5 Å². The molecule has 0 unspecified atom stereocenters. The first-order chi connectivity index (χ1) is 17.7. The molecule has 7 nitrogen and oxygen atoms in total. The van der Waals surface area contributed by atoms with Crippen LogP contribution in [0.4, 0.5) is 18.9 Å². The van der Waals surface area contributed by atoms with Crippen LogP contribution in [0, 0.1) is 25.7 Å². The summed E-state index contributed by atoms with van der Waals surface area (Å²) < 4.78 is 45.6. The van der Waals surface area contributed by atoms with E-state index in [0.717, 1.165) is 28.8 Å². The number of anilines is 1. The largest absolute Gasteiger partial charge is 0.445 e. The number of nitrogens with one attached hydrogen (secondary N) is 2. The van der Waals surface area contributed by atoms with E-state index in [0.29, 0.717) is 16.8 Å². The first-order valence-corrected chi connectivity index (χ1v) is 11.0. The lowest BCUT2D eigenvalue weighted by Gasteiger charge is -2.12. The summed E-state index contributed by atoms with van der Waals surface area (Å²) in [5, 5.41) is 10.4. The predicted molar refractivity (Wildman–Crippen MR) is 131 cm³/mol. The van der Waals surface area contributed by atoms with Crippen LogP contribution >= 0.6 is 0 Å². The van der Waals surface area contributed by atoms with Crippen molar-refractivity contribution >= 4 is 22.6 Å². The van der Waals surface area contributed by atoms with Crippen molar-refractivity contribution in [1.29, 1.82) is 0 Å². The van der Waals surface area contributed by atoms with E-state index in [9.17, 15) is 18.0 Å². The molecule has 1 amide bonds. The van der Waals surface area contributed by atoms with Crippen molar-refractivity contribution in [3.8, 4) is 23.3 Å². The van der Waals surface area contributed by atoms with Gasteiger partial charge >= 0.3 is 6.18 Å². The Bertz CT molecular complexity index is 1690. The van der Waals surface area contributed by atoms with E-state index in [4.69, 9.17) is 4.42 Å². The standard InChI is InChI=1S/C27H18F3N5O2/c1-15-3-5-19(10-18(15)6-4-17-9-23-16(2)34-35-24(23)32-14-17)25(36)33-22-12-20(26-31-7-8-37-26)11-21(13-22)27(28,29)30/h3,5,7-14H,1-2H3,(H,33,36)(H,32,34,35). The molecule has 0 saturated carbocycles. The van der Waals surface area contributed by atoms with Crippen molar-refractivity contribution < 1.29 is 22.4 Å². The molecule has 37 heavy (non-hydrogen) atoms. The molecule has 3 aromatic heterocycles. The van der Waals surface area contributed by atoms with E-state index in [1.807, 2.05) is 19.9 Å². The summed E-state index contributed by atoms with van der Waals surface area (Å²) in [5.41, 5.74) is 2.93. The van der Waals surface area contributed by atoms with Gasteiger partial charge in [0.15, 0.2) is 5.65 Å². The summed E-state index contributed by atoms with van der Waals surface area (Å²) in [7, 11) is 0. The number of amides is 1. The topological polar surface area (TPSA) is 96.7 Å². The van der Waals surface area contributed by atoms with Crippen molar-refractivity contribution in [1.82, 2.24) is 20.2 Å². The number of fused-ring (bicyclic) bond motifs is 1. The average molecular weight is 501 g/mol. The molecule has 0 aliphatic carbocycles. The summed E-state index contributed by atoms with van der Waals surface area (Å²) in [5.74, 6) is 5.52. The number of rotatable bonds is 3. The van der Waals surface area contributed by atoms with Crippen molar-refractivity contribution in [2.75, 3.05) is 5.32 Å². The number of halogens is 3. The fourth-order valence-corrected chi connectivity index (χ4v) is 3.68. The third-order valence-electron chi connectivity index (χ3n) is 5.64. The highest BCUT2D eigenvalue weighted by molar-refractivity contribution is 6.04. The lowest BCUT2D eigenvalue weighted by Crippen LogP contribution is -2.14. The second-order valence-corrected chi connectivity index (χ2v) is 8.31. The SMILES string of the molecule is Cc1ccc(C(=O)Nc2cc(-c3ncco3)cc(C(F)(F)F)c2)cc1C#Cc1cnc2n[nH]c(C)c2c1. The normalized spacial score (nSPS) is 11.3. The van der Waals surface area contributed by atoms with E-state index in [1.165, 1.54) is 18.5 Å². The highest BCUT2D eigenvalue weighted by atomic mass is 19.4. The maximum atomic E-state index is 13.5. The Balaban J connectivity index is 1.43. The summed E-state index contributed by atoms with van der Waals surface area (Å²) in [6, 6.07) is 9.92. The highest BCUT2D eigenvalue weighted by Gasteiger charge is 2.32. The molecule has 5 rings (SSSR count). The van der Waals surface area contributed by atoms with Crippen LogP contribution < -0.4 is 5.32 Å². The minimum Gasteiger partial charge on any atom is -0.445 e. The molecule has 0 aliphatic rings. The van der Waals surface area contributed by atoms with Gasteiger partial charge in [-0.1, -0.05) is 17.9 Å². The Hall–Kier alpha value is -4.91. The first-order valence-electron chi connectivity index (χ1n) is 11.0. The molecule has 0 aliphatic heterocycles. The minimum atomic E-state index is -4.62. The van der Waals surface area contributed by atoms with Gasteiger partial charge in [0.05, 0.1) is 11.8 Å². The van der Waals surface area contributed by atoms with Crippen LogP contribution in [0.2, 0.25) is 0 Å². The van der Waals surface area contributed by atoms with Gasteiger partial charge in [-0.3, -0.25) is 9.89 Å². The smallest absolute Gasteiger partial charge is 0.416 e. The summed E-state index contributed by atoms with van der Waals surface area (Å²) >= 11 is 0. The molecule has 0 spiro atoms. The third kappa shape index (κ3) is 5.06. The number of oxazole rings is 1. The lowest BCUT2D eigenvalue weighted by molar-refractivity contribution is -0.137. The molecule has 2 N–H and O–H groups in total. The molecule has 0 saturated heterocycles. The maximum Gasteiger partial charge on any atom is 0.416 e. The molecule has 0 radical (unpaired) electrons. The van der Waals surface area contributed by atoms with Gasteiger partial charge in [0.25, 0.3) is 5.91 Å². The van der Waals surface area contributed by atoms with Gasteiger partial charge in [-0.2, -0.15) is 18.3 Å². The molecule has 0 atom stereocenters. The van der Waals surface area contributed by atoms with Gasteiger partial charge in [0.2, 0.25) is 5.89 Å². The second-order valence-electron chi connectivity index (χ2n) is 8.31. The van der Waals surface area contributed by atoms with Gasteiger partial charge in [-0.15, -0.1) is 0 Å². The van der Waals surface area contributed by atoms with Gasteiger partial charge < -0.3 is 9.73 Å². The Morgan fingerprint density at radius 2 is 1.89 bits per heavy atom. The Morgan fingerprint density at radius 3 is 2.65 bits per heavy atom. The predicted octanol–water partition coefficient (Wildman–Crippen LogP) is 5.90. The van der Waals surface area contributed by atoms with Gasteiger partial charge in [0.1, 0.15) is 6.26 Å². The van der Waals surface area contributed by atoms with Crippen LogP contribution in [-0.4, -0.2) is 26.1 Å². The van der Waals surface area contributed by atoms with Crippen LogP contribution in [0.5, 0.6) is 0 Å². The first kappa shape index (κ1) is 23.8. The quantitative estimate of drug-likeness (QED) is 0.300. The number of benzene rings is 2. The second kappa shape index (κ2) is 9.28. The van der Waals surface area contributed by atoms with E-state index in [2.05, 4.69) is 37.3 Å². The number of carbonyl (C=O) groups excluding carboxylic acids is 1. The fraction of sp³-hybridized carbons (Fsp3) is 0.111. The number of aromatic amines is 1. The number of alkyl halides is 3. The Kier molecular flexibility index (Phi) is 5.97. The lowest BCUT2D eigenvalue weighted by atomic mass is 10.0. The van der Waals surface area contributed by atoms with E-state index >= 15 is 0 Å². The third-order valence-corrected chi connectivity index (χ3v) is 5.64. The number of carbonyl (C=O) groups is 1. The molecule has 0 fully saturated rings. The minimum absolute atomic E-state index is 0.00721. The molecular weight excluding hydrogens is 483 g/mol. The van der Waals surface area contributed by atoms with E-state index < -0.39 is 17.6 Å². The molecular formula is C27H18F3N5O2. The molecule has 2 aromatic carbocycles. The van der Waals surface area contributed by atoms with Crippen molar-refractivity contribution in [2.24, 2.45) is 0 Å². The average Bonchev–Trinajstić information content (AvgIpc) is 3.53. The number of H-pyrrole nitrogens is 1. The zero-order chi connectivity index (χ0) is 26.2. The number of pyridine rings is 1. The Morgan fingerprint density at radius 1 is 1.05 bits per heavy atom. The molecule has 3 heterocycles. The summed E-state index contributed by atoms with van der Waals surface area (Å²) in [4.78, 5) is 21.1. The van der Waals surface area contributed by atoms with Gasteiger partial charge in [-0.25, -0.2) is 9.97 Å². The Labute approximate surface area is 208 Å². The van der Waals surface area contributed by atoms with Crippen LogP contribution in [-0.2, 0) is 6.18 Å². The van der Waals surface area contributed by atoms with Crippen LogP contribution in [0.15, 0.2) is 65.5 Å². The zero-order valence-corrected chi connectivity index (χ0v) is 19.6. The van der Waals surface area contributed by atoms with Gasteiger partial charge in [0, 0.05) is 45.2 Å². The highest BCUT2D eigenvalue weighted by Crippen LogP contribution is 2.34. The number of aromatic nitrogens is 4. The number of nitrogens with zero attached hydrogens (tertiary/aromatic N) is 3. The summed E-state index contributed by atoms with van der Waals surface area (Å²) in [6.45, 7) is 3.74. The van der Waals surface area contributed by atoms with Crippen molar-refractivity contribution in [2.45, 2.75) is 20.0 Å². The molecule has 10 heteroatoms. The van der Waals surface area contributed by atoms with Crippen LogP contribution in [0.3, 0.4) is 0 Å². The number of aryl methyl sites for hydroxylation is 2. The molecule has 0 bridgehead atoms. The van der Waals surface area contributed by atoms with Crippen molar-refractivity contribution in [3.63, 3.8) is 0 Å². The number of hydrogen-bond donors (Lipinski definition) is 2. The summed E-state index contributed by atoms with van der Waals surface area (Å²) in [6.07, 6.45) is -0.428. The monoisotopic (exact) mass is 501 g/mol.